The van der Waals surface area contributed by atoms with Crippen LogP contribution >= 0.6 is 0 Å². The van der Waals surface area contributed by atoms with E-state index in [0.29, 0.717) is 6.42 Å². The van der Waals surface area contributed by atoms with E-state index in [1.54, 1.807) is 0 Å². The lowest BCUT2D eigenvalue weighted by Gasteiger charge is -2.16. The molecule has 2 amide bonds. The summed E-state index contributed by atoms with van der Waals surface area (Å²) in [7, 11) is 0. The van der Waals surface area contributed by atoms with Crippen molar-refractivity contribution in [3.05, 3.63) is 59.7 Å². The van der Waals surface area contributed by atoms with E-state index >= 15 is 0 Å². The predicted molar refractivity (Wildman–Crippen MR) is 123 cm³/mol. The maximum atomic E-state index is 12.1. The molecule has 176 valence electrons. The molecule has 0 spiro atoms. The lowest BCUT2D eigenvalue weighted by Crippen LogP contribution is -2.39. The molecule has 3 N–H and O–H groups in total. The van der Waals surface area contributed by atoms with Crippen molar-refractivity contribution in [2.75, 3.05) is 26.4 Å². The van der Waals surface area contributed by atoms with Crippen molar-refractivity contribution in [1.29, 1.82) is 0 Å². The van der Waals surface area contributed by atoms with Crippen LogP contribution in [0, 0.1) is 0 Å². The van der Waals surface area contributed by atoms with Gasteiger partial charge in [0.25, 0.3) is 0 Å². The van der Waals surface area contributed by atoms with Gasteiger partial charge in [0.2, 0.25) is 5.91 Å². The predicted octanol–water partition coefficient (Wildman–Crippen LogP) is 3.30. The number of nitrogens with one attached hydrogen (secondary N) is 2. The third-order valence-electron chi connectivity index (χ3n) is 5.52. The first-order valence-corrected chi connectivity index (χ1v) is 11.2. The SMILES string of the molecule is CCCC(CC(=O)O)NC(=O)COCCNC(=O)OCC1c2ccccc2-c2ccccc21. The second-order valence-corrected chi connectivity index (χ2v) is 7.96. The summed E-state index contributed by atoms with van der Waals surface area (Å²) in [5.74, 6) is -1.34. The van der Waals surface area contributed by atoms with Crippen LogP contribution in [0.15, 0.2) is 48.5 Å². The van der Waals surface area contributed by atoms with Crippen LogP contribution in [0.2, 0.25) is 0 Å². The molecule has 0 aliphatic heterocycles. The van der Waals surface area contributed by atoms with E-state index in [0.717, 1.165) is 17.5 Å². The first-order chi connectivity index (χ1) is 16.0. The number of carboxylic acid groups (broad SMARTS) is 1. The Hall–Kier alpha value is -3.39. The number of benzene rings is 2. The largest absolute Gasteiger partial charge is 0.481 e. The van der Waals surface area contributed by atoms with Crippen molar-refractivity contribution < 1.29 is 29.0 Å². The molecular weight excluding hydrogens is 424 g/mol. The molecule has 0 fully saturated rings. The van der Waals surface area contributed by atoms with Gasteiger partial charge in [-0.3, -0.25) is 9.59 Å². The number of alkyl carbamates (subject to hydrolysis) is 1. The van der Waals surface area contributed by atoms with Crippen molar-refractivity contribution in [1.82, 2.24) is 10.6 Å². The van der Waals surface area contributed by atoms with Crippen LogP contribution in [0.3, 0.4) is 0 Å². The number of ether oxygens (including phenoxy) is 2. The minimum Gasteiger partial charge on any atom is -0.481 e. The molecule has 0 bridgehead atoms. The number of hydrogen-bond donors (Lipinski definition) is 3. The van der Waals surface area contributed by atoms with Crippen LogP contribution in [0.25, 0.3) is 11.1 Å². The Bertz CT molecular complexity index is 931. The zero-order chi connectivity index (χ0) is 23.6. The molecule has 2 aromatic rings. The molecule has 1 atom stereocenters. The van der Waals surface area contributed by atoms with Gasteiger partial charge < -0.3 is 25.2 Å². The highest BCUT2D eigenvalue weighted by Gasteiger charge is 2.28. The Balaban J connectivity index is 1.36. The van der Waals surface area contributed by atoms with Gasteiger partial charge in [0.1, 0.15) is 13.2 Å². The van der Waals surface area contributed by atoms with Gasteiger partial charge in [-0.05, 0) is 28.7 Å². The third-order valence-corrected chi connectivity index (χ3v) is 5.52. The van der Waals surface area contributed by atoms with Crippen LogP contribution in [0.1, 0.15) is 43.2 Å². The lowest BCUT2D eigenvalue weighted by atomic mass is 9.98. The van der Waals surface area contributed by atoms with Crippen LogP contribution in [0.5, 0.6) is 0 Å². The Kier molecular flexibility index (Phi) is 8.83. The van der Waals surface area contributed by atoms with Gasteiger partial charge in [-0.15, -0.1) is 0 Å². The molecule has 1 aliphatic carbocycles. The van der Waals surface area contributed by atoms with Gasteiger partial charge in [0.15, 0.2) is 0 Å². The summed E-state index contributed by atoms with van der Waals surface area (Å²) in [6.45, 7) is 2.27. The standard InChI is InChI=1S/C25H30N2O6/c1-2-7-17(14-24(29)30)27-23(28)16-32-13-12-26-25(31)33-15-22-20-10-5-3-8-18(20)19-9-4-6-11-21(19)22/h3-6,8-11,17,22H,2,7,12-16H2,1H3,(H,26,31)(H,27,28)(H,29,30). The smallest absolute Gasteiger partial charge is 0.407 e. The average molecular weight is 455 g/mol. The number of hydrogen-bond acceptors (Lipinski definition) is 5. The van der Waals surface area contributed by atoms with Crippen molar-refractivity contribution in [2.45, 2.75) is 38.1 Å². The summed E-state index contributed by atoms with van der Waals surface area (Å²) in [5, 5.41) is 14.2. The van der Waals surface area contributed by atoms with Gasteiger partial charge in [-0.1, -0.05) is 61.9 Å². The molecule has 0 saturated carbocycles. The molecule has 3 rings (SSSR count). The van der Waals surface area contributed by atoms with E-state index in [-0.39, 0.29) is 44.6 Å². The lowest BCUT2D eigenvalue weighted by molar-refractivity contribution is -0.138. The van der Waals surface area contributed by atoms with Crippen molar-refractivity contribution in [3.8, 4) is 11.1 Å². The first kappa shape index (κ1) is 24.3. The van der Waals surface area contributed by atoms with Gasteiger partial charge in [-0.2, -0.15) is 0 Å². The number of rotatable bonds is 12. The minimum atomic E-state index is -0.957. The van der Waals surface area contributed by atoms with Gasteiger partial charge in [0.05, 0.1) is 13.0 Å². The number of carboxylic acids is 1. The summed E-state index contributed by atoms with van der Waals surface area (Å²) in [6, 6.07) is 15.8. The fourth-order valence-corrected chi connectivity index (χ4v) is 4.09. The summed E-state index contributed by atoms with van der Waals surface area (Å²) in [4.78, 5) is 34.9. The molecule has 8 heteroatoms. The van der Waals surface area contributed by atoms with E-state index in [2.05, 4.69) is 34.9 Å². The Morgan fingerprint density at radius 2 is 1.67 bits per heavy atom. The highest BCUT2D eigenvalue weighted by atomic mass is 16.5. The molecule has 2 aromatic carbocycles. The number of amides is 2. The first-order valence-electron chi connectivity index (χ1n) is 11.2. The molecular formula is C25H30N2O6. The van der Waals surface area contributed by atoms with E-state index in [9.17, 15) is 14.4 Å². The number of fused-ring (bicyclic) bond motifs is 3. The number of carbonyl (C=O) groups is 3. The number of aliphatic carboxylic acids is 1. The van der Waals surface area contributed by atoms with Crippen LogP contribution in [0.4, 0.5) is 4.79 Å². The summed E-state index contributed by atoms with van der Waals surface area (Å²) in [6.07, 6.45) is 0.683. The maximum Gasteiger partial charge on any atom is 0.407 e. The minimum absolute atomic E-state index is 0.00929. The third kappa shape index (κ3) is 6.79. The zero-order valence-corrected chi connectivity index (χ0v) is 18.7. The van der Waals surface area contributed by atoms with Crippen LogP contribution in [-0.4, -0.2) is 55.5 Å². The molecule has 1 unspecified atom stereocenters. The van der Waals surface area contributed by atoms with E-state index < -0.39 is 18.1 Å². The Morgan fingerprint density at radius 1 is 1.03 bits per heavy atom. The molecule has 0 aromatic heterocycles. The van der Waals surface area contributed by atoms with E-state index in [4.69, 9.17) is 14.6 Å². The topological polar surface area (TPSA) is 114 Å². The fourth-order valence-electron chi connectivity index (χ4n) is 4.09. The molecule has 8 nitrogen and oxygen atoms in total. The summed E-state index contributed by atoms with van der Waals surface area (Å²) in [5.41, 5.74) is 4.62. The molecule has 1 aliphatic rings. The fraction of sp³-hybridized carbons (Fsp3) is 0.400. The summed E-state index contributed by atoms with van der Waals surface area (Å²) < 4.78 is 10.7. The van der Waals surface area contributed by atoms with Crippen LogP contribution in [-0.2, 0) is 19.1 Å². The highest BCUT2D eigenvalue weighted by molar-refractivity contribution is 5.79. The molecule has 33 heavy (non-hydrogen) atoms. The monoisotopic (exact) mass is 454 g/mol. The highest BCUT2D eigenvalue weighted by Crippen LogP contribution is 2.44. The van der Waals surface area contributed by atoms with E-state index in [1.807, 2.05) is 31.2 Å². The van der Waals surface area contributed by atoms with Crippen molar-refractivity contribution in [2.24, 2.45) is 0 Å². The Labute approximate surface area is 193 Å². The molecule has 0 heterocycles. The number of carbonyl (C=O) groups excluding carboxylic acids is 2. The maximum absolute atomic E-state index is 12.1. The van der Waals surface area contributed by atoms with E-state index in [1.165, 1.54) is 11.1 Å². The second kappa shape index (κ2) is 12.0. The van der Waals surface area contributed by atoms with Crippen molar-refractivity contribution >= 4 is 18.0 Å². The van der Waals surface area contributed by atoms with Gasteiger partial charge >= 0.3 is 12.1 Å². The zero-order valence-electron chi connectivity index (χ0n) is 18.7. The van der Waals surface area contributed by atoms with Crippen LogP contribution < -0.4 is 10.6 Å². The molecule has 0 saturated heterocycles. The normalized spacial score (nSPS) is 13.0. The summed E-state index contributed by atoms with van der Waals surface area (Å²) >= 11 is 0. The van der Waals surface area contributed by atoms with Gasteiger partial charge in [0, 0.05) is 18.5 Å². The Morgan fingerprint density at radius 3 is 2.27 bits per heavy atom. The second-order valence-electron chi connectivity index (χ2n) is 7.96. The average Bonchev–Trinajstić information content (AvgIpc) is 3.11. The van der Waals surface area contributed by atoms with Gasteiger partial charge in [-0.25, -0.2) is 4.79 Å². The van der Waals surface area contributed by atoms with Crippen molar-refractivity contribution in [3.63, 3.8) is 0 Å². The molecule has 0 radical (unpaired) electrons. The quantitative estimate of drug-likeness (QED) is 0.424.